The standard InChI is InChI=1S/C22H22FNO2S/c1-14-8-9-18(15(2)10-14)16(3)24-22(25)21-11-17(13-27-21)12-26-20-7-5-4-6-19(20)23/h4-11,13,16H,12H2,1-3H3,(H,24,25). The van der Waals surface area contributed by atoms with Gasteiger partial charge in [-0.1, -0.05) is 35.9 Å². The van der Waals surface area contributed by atoms with Crippen LogP contribution in [-0.4, -0.2) is 5.91 Å². The normalized spacial score (nSPS) is 11.9. The number of ether oxygens (including phenoxy) is 1. The molecule has 1 amide bonds. The number of aryl methyl sites for hydroxylation is 2. The Bertz CT molecular complexity index is 951. The first kappa shape index (κ1) is 19.1. The zero-order valence-electron chi connectivity index (χ0n) is 15.6. The highest BCUT2D eigenvalue weighted by Crippen LogP contribution is 2.22. The van der Waals surface area contributed by atoms with Crippen molar-refractivity contribution in [1.82, 2.24) is 5.32 Å². The van der Waals surface area contributed by atoms with E-state index in [9.17, 15) is 9.18 Å². The van der Waals surface area contributed by atoms with Crippen molar-refractivity contribution in [2.24, 2.45) is 0 Å². The van der Waals surface area contributed by atoms with Crippen molar-refractivity contribution in [3.8, 4) is 5.75 Å². The van der Waals surface area contributed by atoms with Gasteiger partial charge in [0.2, 0.25) is 0 Å². The summed E-state index contributed by atoms with van der Waals surface area (Å²) in [6.45, 7) is 6.30. The molecule has 1 atom stereocenters. The first-order chi connectivity index (χ1) is 12.9. The Morgan fingerprint density at radius 3 is 2.70 bits per heavy atom. The van der Waals surface area contributed by atoms with Crippen LogP contribution in [0, 0.1) is 19.7 Å². The SMILES string of the molecule is Cc1ccc(C(C)NC(=O)c2cc(COc3ccccc3F)cs2)c(C)c1. The zero-order chi connectivity index (χ0) is 19.4. The van der Waals surface area contributed by atoms with E-state index < -0.39 is 5.82 Å². The Hall–Kier alpha value is -2.66. The molecule has 3 aromatic rings. The van der Waals surface area contributed by atoms with Gasteiger partial charge in [0.05, 0.1) is 10.9 Å². The number of para-hydroxylation sites is 1. The molecule has 0 spiro atoms. The Balaban J connectivity index is 1.62. The number of hydrogen-bond donors (Lipinski definition) is 1. The molecule has 3 nitrogen and oxygen atoms in total. The van der Waals surface area contributed by atoms with Gasteiger partial charge in [-0.2, -0.15) is 0 Å². The van der Waals surface area contributed by atoms with E-state index in [1.165, 1.54) is 23.0 Å². The fourth-order valence-corrected chi connectivity index (χ4v) is 3.75. The quantitative estimate of drug-likeness (QED) is 0.604. The molecule has 0 radical (unpaired) electrons. The van der Waals surface area contributed by atoms with E-state index in [0.29, 0.717) is 4.88 Å². The summed E-state index contributed by atoms with van der Waals surface area (Å²) in [5.41, 5.74) is 4.31. The Morgan fingerprint density at radius 2 is 1.96 bits per heavy atom. The summed E-state index contributed by atoms with van der Waals surface area (Å²) < 4.78 is 19.1. The molecule has 140 valence electrons. The Morgan fingerprint density at radius 1 is 1.19 bits per heavy atom. The smallest absolute Gasteiger partial charge is 0.261 e. The molecule has 0 fully saturated rings. The van der Waals surface area contributed by atoms with E-state index >= 15 is 0 Å². The maximum absolute atomic E-state index is 13.6. The minimum atomic E-state index is -0.395. The van der Waals surface area contributed by atoms with Gasteiger partial charge in [0.25, 0.3) is 5.91 Å². The summed E-state index contributed by atoms with van der Waals surface area (Å²) in [6.07, 6.45) is 0. The molecule has 1 unspecified atom stereocenters. The number of carbonyl (C=O) groups is 1. The van der Waals surface area contributed by atoms with E-state index in [4.69, 9.17) is 4.74 Å². The lowest BCUT2D eigenvalue weighted by Gasteiger charge is -2.16. The van der Waals surface area contributed by atoms with E-state index in [1.54, 1.807) is 24.3 Å². The fourth-order valence-electron chi connectivity index (χ4n) is 2.95. The maximum Gasteiger partial charge on any atom is 0.261 e. The summed E-state index contributed by atoms with van der Waals surface area (Å²) in [5.74, 6) is -0.309. The molecule has 0 aliphatic heterocycles. The van der Waals surface area contributed by atoms with Crippen molar-refractivity contribution in [3.63, 3.8) is 0 Å². The van der Waals surface area contributed by atoms with Crippen molar-refractivity contribution >= 4 is 17.2 Å². The van der Waals surface area contributed by atoms with Crippen LogP contribution >= 0.6 is 11.3 Å². The minimum Gasteiger partial charge on any atom is -0.486 e. The summed E-state index contributed by atoms with van der Waals surface area (Å²) in [5, 5.41) is 4.90. The largest absolute Gasteiger partial charge is 0.486 e. The van der Waals surface area contributed by atoms with Crippen LogP contribution in [0.2, 0.25) is 0 Å². The third kappa shape index (κ3) is 4.74. The molecule has 1 aromatic heterocycles. The summed E-state index contributed by atoms with van der Waals surface area (Å²) in [4.78, 5) is 13.2. The van der Waals surface area contributed by atoms with E-state index in [-0.39, 0.29) is 24.3 Å². The number of rotatable bonds is 6. The number of benzene rings is 2. The van der Waals surface area contributed by atoms with Crippen LogP contribution in [0.4, 0.5) is 4.39 Å². The number of halogens is 1. The van der Waals surface area contributed by atoms with Gasteiger partial charge in [-0.05, 0) is 55.5 Å². The van der Waals surface area contributed by atoms with Gasteiger partial charge in [0.15, 0.2) is 11.6 Å². The van der Waals surface area contributed by atoms with Gasteiger partial charge in [-0.15, -0.1) is 11.3 Å². The van der Waals surface area contributed by atoms with Crippen LogP contribution in [0.3, 0.4) is 0 Å². The van der Waals surface area contributed by atoms with Gasteiger partial charge in [0, 0.05) is 5.56 Å². The second-order valence-electron chi connectivity index (χ2n) is 6.59. The topological polar surface area (TPSA) is 38.3 Å². The van der Waals surface area contributed by atoms with Gasteiger partial charge in [-0.25, -0.2) is 4.39 Å². The lowest BCUT2D eigenvalue weighted by Crippen LogP contribution is -2.26. The first-order valence-corrected chi connectivity index (χ1v) is 9.65. The van der Waals surface area contributed by atoms with Crippen molar-refractivity contribution in [2.75, 3.05) is 0 Å². The van der Waals surface area contributed by atoms with Crippen LogP contribution in [0.1, 0.15) is 44.9 Å². The summed E-state index contributed by atoms with van der Waals surface area (Å²) in [6, 6.07) is 14.2. The summed E-state index contributed by atoms with van der Waals surface area (Å²) >= 11 is 1.36. The number of carbonyl (C=O) groups excluding carboxylic acids is 1. The molecule has 0 aliphatic rings. The Labute approximate surface area is 162 Å². The zero-order valence-corrected chi connectivity index (χ0v) is 16.4. The number of hydrogen-bond acceptors (Lipinski definition) is 3. The molecule has 0 aliphatic carbocycles. The van der Waals surface area contributed by atoms with Crippen molar-refractivity contribution in [3.05, 3.63) is 86.9 Å². The fraction of sp³-hybridized carbons (Fsp3) is 0.227. The van der Waals surface area contributed by atoms with E-state index in [0.717, 1.165) is 16.7 Å². The highest BCUT2D eigenvalue weighted by Gasteiger charge is 2.15. The third-order valence-electron chi connectivity index (χ3n) is 4.35. The van der Waals surface area contributed by atoms with Crippen molar-refractivity contribution in [1.29, 1.82) is 0 Å². The van der Waals surface area contributed by atoms with Gasteiger partial charge in [0.1, 0.15) is 6.61 Å². The van der Waals surface area contributed by atoms with Crippen molar-refractivity contribution < 1.29 is 13.9 Å². The Kier molecular flexibility index (Phi) is 5.91. The predicted octanol–water partition coefficient (Wildman–Crippen LogP) is 5.57. The lowest BCUT2D eigenvalue weighted by atomic mass is 10.0. The summed E-state index contributed by atoms with van der Waals surface area (Å²) in [7, 11) is 0. The van der Waals surface area contributed by atoms with Crippen LogP contribution in [0.15, 0.2) is 53.9 Å². The highest BCUT2D eigenvalue weighted by atomic mass is 32.1. The molecular weight excluding hydrogens is 361 g/mol. The molecule has 5 heteroatoms. The maximum atomic E-state index is 13.6. The molecule has 0 saturated carbocycles. The molecular formula is C22H22FNO2S. The van der Waals surface area contributed by atoms with Crippen LogP contribution in [0.5, 0.6) is 5.75 Å². The molecule has 0 bridgehead atoms. The van der Waals surface area contributed by atoms with Crippen molar-refractivity contribution in [2.45, 2.75) is 33.4 Å². The number of amides is 1. The molecule has 2 aromatic carbocycles. The average molecular weight is 383 g/mol. The van der Waals surface area contributed by atoms with Gasteiger partial charge >= 0.3 is 0 Å². The van der Waals surface area contributed by atoms with E-state index in [1.807, 2.05) is 25.3 Å². The monoisotopic (exact) mass is 383 g/mol. The molecule has 0 saturated heterocycles. The van der Waals surface area contributed by atoms with Gasteiger partial charge in [-0.3, -0.25) is 4.79 Å². The third-order valence-corrected chi connectivity index (χ3v) is 5.33. The van der Waals surface area contributed by atoms with E-state index in [2.05, 4.69) is 24.4 Å². The molecule has 1 heterocycles. The number of nitrogens with one attached hydrogen (secondary N) is 1. The predicted molar refractivity (Wildman–Crippen MR) is 107 cm³/mol. The average Bonchev–Trinajstić information content (AvgIpc) is 3.10. The second-order valence-corrected chi connectivity index (χ2v) is 7.50. The second kappa shape index (κ2) is 8.35. The molecule has 3 rings (SSSR count). The minimum absolute atomic E-state index is 0.0849. The lowest BCUT2D eigenvalue weighted by molar-refractivity contribution is 0.0944. The molecule has 1 N–H and O–H groups in total. The van der Waals surface area contributed by atoms with Crippen LogP contribution in [-0.2, 0) is 6.61 Å². The van der Waals surface area contributed by atoms with Gasteiger partial charge < -0.3 is 10.1 Å². The van der Waals surface area contributed by atoms with Crippen LogP contribution < -0.4 is 10.1 Å². The number of thiophene rings is 1. The van der Waals surface area contributed by atoms with Crippen LogP contribution in [0.25, 0.3) is 0 Å². The first-order valence-electron chi connectivity index (χ1n) is 8.77. The highest BCUT2D eigenvalue weighted by molar-refractivity contribution is 7.12. The molecule has 27 heavy (non-hydrogen) atoms.